The number of carbonyl (C=O) groups is 4. The fraction of sp³-hybridized carbons (Fsp3) is 0.333. The Bertz CT molecular complexity index is 1480. The molecule has 0 bridgehead atoms. The standard InChI is InChI=1S/C24H24Cl4O6.C6H6O3/c1-23(2,3)11-7-10(9-13(29)30)8-12(24(4,5)6)20(11)34-22(33)15-18(27)16(25)14(21(31)32)17(26)19(15)28;7-6(8)4-5-2-1-3-9-5/h7-8H,9H2,1-6H3,(H,29,30)(H,31,32);1-3H,4H2,(H,7,8). The predicted octanol–water partition coefficient (Wildman–Crippen LogP) is 8.35. The zero-order valence-electron chi connectivity index (χ0n) is 24.1. The van der Waals surface area contributed by atoms with E-state index in [1.807, 2.05) is 41.5 Å². The Kier molecular flexibility index (Phi) is 11.7. The highest BCUT2D eigenvalue weighted by atomic mass is 35.5. The van der Waals surface area contributed by atoms with Crippen LogP contribution in [0.25, 0.3) is 0 Å². The van der Waals surface area contributed by atoms with Crippen molar-refractivity contribution in [1.29, 1.82) is 0 Å². The van der Waals surface area contributed by atoms with Crippen molar-refractivity contribution in [3.8, 4) is 5.75 Å². The second kappa shape index (κ2) is 14.0. The largest absolute Gasteiger partial charge is 0.481 e. The third-order valence-electron chi connectivity index (χ3n) is 5.90. The number of hydrogen-bond acceptors (Lipinski definition) is 6. The first-order valence-corrected chi connectivity index (χ1v) is 14.1. The molecule has 0 saturated carbocycles. The molecule has 0 amide bonds. The summed E-state index contributed by atoms with van der Waals surface area (Å²) in [5.41, 5.74) is -0.251. The van der Waals surface area contributed by atoms with Gasteiger partial charge in [0.15, 0.2) is 0 Å². The number of rotatable bonds is 7. The molecule has 3 N–H and O–H groups in total. The van der Waals surface area contributed by atoms with E-state index in [-0.39, 0.29) is 24.2 Å². The van der Waals surface area contributed by atoms with Crippen LogP contribution in [-0.2, 0) is 33.3 Å². The van der Waals surface area contributed by atoms with Gasteiger partial charge in [-0.2, -0.15) is 0 Å². The van der Waals surface area contributed by atoms with Crippen molar-refractivity contribution in [2.75, 3.05) is 0 Å². The monoisotopic (exact) mass is 674 g/mol. The molecule has 0 spiro atoms. The molecule has 0 radical (unpaired) electrons. The number of carboxylic acids is 3. The third kappa shape index (κ3) is 9.13. The minimum Gasteiger partial charge on any atom is -0.481 e. The second-order valence-corrected chi connectivity index (χ2v) is 13.0. The topological polar surface area (TPSA) is 151 Å². The van der Waals surface area contributed by atoms with Crippen LogP contribution in [-0.4, -0.2) is 39.2 Å². The van der Waals surface area contributed by atoms with Crippen molar-refractivity contribution in [2.24, 2.45) is 0 Å². The Morgan fingerprint density at radius 3 is 1.53 bits per heavy atom. The first kappa shape index (κ1) is 36.0. The smallest absolute Gasteiger partial charge is 0.346 e. The summed E-state index contributed by atoms with van der Waals surface area (Å²) in [6.07, 6.45) is 1.21. The molecule has 13 heteroatoms. The van der Waals surface area contributed by atoms with Gasteiger partial charge in [-0.1, -0.05) is 100 Å². The van der Waals surface area contributed by atoms with Crippen molar-refractivity contribution < 1.29 is 43.7 Å². The Balaban J connectivity index is 0.000000609. The maximum absolute atomic E-state index is 13.3. The molecule has 2 aromatic carbocycles. The fourth-order valence-electron chi connectivity index (χ4n) is 3.89. The molecule has 0 aliphatic carbocycles. The van der Waals surface area contributed by atoms with Crippen LogP contribution >= 0.6 is 46.4 Å². The summed E-state index contributed by atoms with van der Waals surface area (Å²) in [4.78, 5) is 46.2. The van der Waals surface area contributed by atoms with Crippen LogP contribution < -0.4 is 4.74 Å². The summed E-state index contributed by atoms with van der Waals surface area (Å²) in [5, 5.41) is 25.2. The number of furan rings is 1. The zero-order valence-corrected chi connectivity index (χ0v) is 27.1. The molecule has 1 aromatic heterocycles. The van der Waals surface area contributed by atoms with Crippen LogP contribution in [0.3, 0.4) is 0 Å². The van der Waals surface area contributed by atoms with Crippen LogP contribution in [0.15, 0.2) is 34.9 Å². The maximum atomic E-state index is 13.3. The van der Waals surface area contributed by atoms with Gasteiger partial charge in [-0.3, -0.25) is 9.59 Å². The number of carboxylic acid groups (broad SMARTS) is 3. The molecule has 0 saturated heterocycles. The lowest BCUT2D eigenvalue weighted by Crippen LogP contribution is -2.23. The summed E-state index contributed by atoms with van der Waals surface area (Å²) < 4.78 is 10.6. The molecule has 3 rings (SSSR count). The number of aliphatic carboxylic acids is 2. The average molecular weight is 676 g/mol. The molecule has 0 fully saturated rings. The molecular weight excluding hydrogens is 646 g/mol. The molecular formula is C30H30Cl4O9. The Labute approximate surface area is 268 Å². The number of ether oxygens (including phenoxy) is 1. The van der Waals surface area contributed by atoms with E-state index in [4.69, 9.17) is 60.7 Å². The lowest BCUT2D eigenvalue weighted by molar-refractivity contribution is -0.137. The number of aromatic carboxylic acids is 1. The molecule has 1 heterocycles. The van der Waals surface area contributed by atoms with E-state index < -0.39 is 60.4 Å². The fourth-order valence-corrected chi connectivity index (χ4v) is 5.06. The van der Waals surface area contributed by atoms with E-state index in [0.29, 0.717) is 22.5 Å². The molecule has 0 aliphatic rings. The summed E-state index contributed by atoms with van der Waals surface area (Å²) in [6, 6.07) is 6.66. The summed E-state index contributed by atoms with van der Waals surface area (Å²) in [5.74, 6) is -3.60. The van der Waals surface area contributed by atoms with Crippen LogP contribution in [0.2, 0.25) is 20.1 Å². The quantitative estimate of drug-likeness (QED) is 0.127. The normalized spacial score (nSPS) is 11.4. The highest BCUT2D eigenvalue weighted by molar-refractivity contribution is 6.52. The van der Waals surface area contributed by atoms with Gasteiger partial charge in [0, 0.05) is 11.1 Å². The van der Waals surface area contributed by atoms with Gasteiger partial charge in [0.1, 0.15) is 23.5 Å². The van der Waals surface area contributed by atoms with Gasteiger partial charge in [-0.05, 0) is 28.5 Å². The summed E-state index contributed by atoms with van der Waals surface area (Å²) >= 11 is 24.6. The number of halogens is 4. The van der Waals surface area contributed by atoms with E-state index >= 15 is 0 Å². The Morgan fingerprint density at radius 1 is 0.744 bits per heavy atom. The van der Waals surface area contributed by atoms with Gasteiger partial charge in [-0.15, -0.1) is 0 Å². The molecule has 43 heavy (non-hydrogen) atoms. The van der Waals surface area contributed by atoms with Gasteiger partial charge in [-0.25, -0.2) is 9.59 Å². The van der Waals surface area contributed by atoms with E-state index in [2.05, 4.69) is 0 Å². The van der Waals surface area contributed by atoms with Crippen LogP contribution in [0.5, 0.6) is 5.75 Å². The highest BCUT2D eigenvalue weighted by Gasteiger charge is 2.33. The minimum absolute atomic E-state index is 0.0347. The van der Waals surface area contributed by atoms with E-state index in [1.165, 1.54) is 6.26 Å². The van der Waals surface area contributed by atoms with Gasteiger partial charge in [0.25, 0.3) is 0 Å². The maximum Gasteiger partial charge on any atom is 0.346 e. The number of hydrogen-bond donors (Lipinski definition) is 3. The molecule has 9 nitrogen and oxygen atoms in total. The van der Waals surface area contributed by atoms with E-state index in [1.54, 1.807) is 24.3 Å². The number of carbonyl (C=O) groups excluding carboxylic acids is 1. The lowest BCUT2D eigenvalue weighted by Gasteiger charge is -2.30. The van der Waals surface area contributed by atoms with E-state index in [9.17, 15) is 29.4 Å². The zero-order chi connectivity index (χ0) is 33.0. The van der Waals surface area contributed by atoms with Crippen molar-refractivity contribution in [1.82, 2.24) is 0 Å². The summed E-state index contributed by atoms with van der Waals surface area (Å²) in [6.45, 7) is 11.4. The van der Waals surface area contributed by atoms with E-state index in [0.717, 1.165) is 0 Å². The molecule has 232 valence electrons. The lowest BCUT2D eigenvalue weighted by atomic mass is 9.78. The highest BCUT2D eigenvalue weighted by Crippen LogP contribution is 2.44. The molecule has 0 aliphatic heterocycles. The predicted molar refractivity (Wildman–Crippen MR) is 164 cm³/mol. The number of esters is 1. The average Bonchev–Trinajstić information content (AvgIpc) is 3.34. The SMILES string of the molecule is CC(C)(C)c1cc(CC(=O)O)cc(C(C)(C)C)c1OC(=O)c1c(Cl)c(Cl)c(C(=O)O)c(Cl)c1Cl.O=C(O)Cc1ccco1. The minimum atomic E-state index is -1.46. The van der Waals surface area contributed by atoms with Crippen molar-refractivity contribution >= 4 is 70.3 Å². The first-order chi connectivity index (χ1) is 19.7. The van der Waals surface area contributed by atoms with Crippen LogP contribution in [0.4, 0.5) is 0 Å². The van der Waals surface area contributed by atoms with Gasteiger partial charge < -0.3 is 24.5 Å². The molecule has 3 aromatic rings. The number of benzene rings is 2. The van der Waals surface area contributed by atoms with Crippen molar-refractivity contribution in [3.63, 3.8) is 0 Å². The van der Waals surface area contributed by atoms with Crippen LogP contribution in [0.1, 0.15) is 84.7 Å². The first-order valence-electron chi connectivity index (χ1n) is 12.6. The van der Waals surface area contributed by atoms with Crippen molar-refractivity contribution in [3.05, 3.63) is 84.2 Å². The van der Waals surface area contributed by atoms with Gasteiger partial charge in [0.05, 0.1) is 38.3 Å². The van der Waals surface area contributed by atoms with Crippen LogP contribution in [0, 0.1) is 0 Å². The molecule has 0 atom stereocenters. The van der Waals surface area contributed by atoms with Gasteiger partial charge >= 0.3 is 23.9 Å². The third-order valence-corrected chi connectivity index (χ3v) is 7.61. The second-order valence-electron chi connectivity index (χ2n) is 11.4. The van der Waals surface area contributed by atoms with Gasteiger partial charge in [0.2, 0.25) is 0 Å². The van der Waals surface area contributed by atoms with Crippen molar-refractivity contribution in [2.45, 2.75) is 65.2 Å². The molecule has 0 unspecified atom stereocenters. The Hall–Kier alpha value is -3.24. The Morgan fingerprint density at radius 2 is 1.19 bits per heavy atom. The summed E-state index contributed by atoms with van der Waals surface area (Å²) in [7, 11) is 0.